The van der Waals surface area contributed by atoms with E-state index >= 15 is 0 Å². The molecule has 1 saturated heterocycles. The Morgan fingerprint density at radius 1 is 0.404 bits per heavy atom. The Kier molecular flexibility index (Phi) is 7.01. The van der Waals surface area contributed by atoms with Gasteiger partial charge in [0.25, 0.3) is 0 Å². The molecule has 0 amide bonds. The smallest absolute Gasteiger partial charge is 0.399 e. The average molecular weight is 612 g/mol. The van der Waals surface area contributed by atoms with Crippen molar-refractivity contribution in [2.75, 3.05) is 0 Å². The Morgan fingerprint density at radius 2 is 0.766 bits per heavy atom. The first kappa shape index (κ1) is 29.3. The minimum Gasteiger partial charge on any atom is -0.399 e. The number of aromatic nitrogens is 3. The summed E-state index contributed by atoms with van der Waals surface area (Å²) in [5.41, 5.74) is 5.31. The van der Waals surface area contributed by atoms with Crippen molar-refractivity contribution in [3.63, 3.8) is 0 Å². The number of fused-ring (bicyclic) bond motifs is 2. The summed E-state index contributed by atoms with van der Waals surface area (Å²) >= 11 is 0. The van der Waals surface area contributed by atoms with Gasteiger partial charge in [0.1, 0.15) is 0 Å². The maximum absolute atomic E-state index is 6.24. The predicted molar refractivity (Wildman–Crippen MR) is 192 cm³/mol. The van der Waals surface area contributed by atoms with Crippen molar-refractivity contribution in [3.8, 4) is 45.3 Å². The van der Waals surface area contributed by atoms with Gasteiger partial charge in [0, 0.05) is 16.7 Å². The van der Waals surface area contributed by atoms with Gasteiger partial charge in [0.15, 0.2) is 17.5 Å². The van der Waals surface area contributed by atoms with Gasteiger partial charge in [-0.2, -0.15) is 0 Å². The molecule has 6 heteroatoms. The first-order valence-corrected chi connectivity index (χ1v) is 16.0. The third-order valence-corrected chi connectivity index (χ3v) is 9.56. The van der Waals surface area contributed by atoms with E-state index in [9.17, 15) is 0 Å². The Bertz CT molecular complexity index is 2150. The SMILES string of the molecule is CC1(C)OB(c2ccc(-c3ccc(-c4nc(-c5ccc6ccccc6c5)nc(-c5ccc6ccccc6c5)n4)cc3)cc2)OC1(C)C. The lowest BCUT2D eigenvalue weighted by molar-refractivity contribution is 0.00578. The summed E-state index contributed by atoms with van der Waals surface area (Å²) in [7, 11) is -0.381. The highest BCUT2D eigenvalue weighted by Crippen LogP contribution is 2.37. The second-order valence-electron chi connectivity index (χ2n) is 13.2. The molecular formula is C41H34BN3O2. The molecule has 47 heavy (non-hydrogen) atoms. The zero-order valence-electron chi connectivity index (χ0n) is 26.9. The van der Waals surface area contributed by atoms with E-state index in [0.717, 1.165) is 44.1 Å². The third-order valence-electron chi connectivity index (χ3n) is 9.56. The van der Waals surface area contributed by atoms with Crippen LogP contribution in [-0.4, -0.2) is 33.3 Å². The van der Waals surface area contributed by atoms with E-state index in [1.807, 2.05) is 0 Å². The molecule has 0 unspecified atom stereocenters. The highest BCUT2D eigenvalue weighted by molar-refractivity contribution is 6.62. The quantitative estimate of drug-likeness (QED) is 0.182. The first-order chi connectivity index (χ1) is 22.7. The highest BCUT2D eigenvalue weighted by Gasteiger charge is 2.51. The fourth-order valence-electron chi connectivity index (χ4n) is 6.04. The van der Waals surface area contributed by atoms with E-state index in [0.29, 0.717) is 17.5 Å². The maximum atomic E-state index is 6.24. The molecule has 0 N–H and O–H groups in total. The van der Waals surface area contributed by atoms with E-state index in [1.165, 1.54) is 10.8 Å². The Balaban J connectivity index is 1.14. The van der Waals surface area contributed by atoms with E-state index in [1.54, 1.807) is 0 Å². The Hall–Kier alpha value is -5.17. The fourth-order valence-corrected chi connectivity index (χ4v) is 6.04. The summed E-state index contributed by atoms with van der Waals surface area (Å²) in [5, 5.41) is 4.65. The van der Waals surface area contributed by atoms with Gasteiger partial charge in [-0.15, -0.1) is 0 Å². The molecule has 8 rings (SSSR count). The van der Waals surface area contributed by atoms with Crippen LogP contribution in [0.25, 0.3) is 66.8 Å². The van der Waals surface area contributed by atoms with Crippen LogP contribution in [0.4, 0.5) is 0 Å². The van der Waals surface area contributed by atoms with Crippen LogP contribution in [0.1, 0.15) is 27.7 Å². The molecule has 0 bridgehead atoms. The van der Waals surface area contributed by atoms with Crippen molar-refractivity contribution >= 4 is 34.1 Å². The van der Waals surface area contributed by atoms with Crippen molar-refractivity contribution in [2.24, 2.45) is 0 Å². The lowest BCUT2D eigenvalue weighted by atomic mass is 9.78. The first-order valence-electron chi connectivity index (χ1n) is 16.0. The van der Waals surface area contributed by atoms with Gasteiger partial charge in [-0.3, -0.25) is 0 Å². The molecule has 2 heterocycles. The Labute approximate surface area is 275 Å². The van der Waals surface area contributed by atoms with Crippen LogP contribution in [0.15, 0.2) is 133 Å². The van der Waals surface area contributed by atoms with E-state index in [-0.39, 0.29) is 18.3 Å². The summed E-state index contributed by atoms with van der Waals surface area (Å²) in [6.45, 7) is 8.30. The lowest BCUT2D eigenvalue weighted by Gasteiger charge is -2.32. The summed E-state index contributed by atoms with van der Waals surface area (Å²) < 4.78 is 12.5. The molecule has 0 aliphatic carbocycles. The summed E-state index contributed by atoms with van der Waals surface area (Å²) in [4.78, 5) is 15.0. The van der Waals surface area contributed by atoms with Gasteiger partial charge in [-0.1, -0.05) is 121 Å². The van der Waals surface area contributed by atoms with Gasteiger partial charge in [-0.25, -0.2) is 15.0 Å². The maximum Gasteiger partial charge on any atom is 0.494 e. The van der Waals surface area contributed by atoms with Crippen LogP contribution < -0.4 is 5.46 Å². The van der Waals surface area contributed by atoms with Crippen molar-refractivity contribution in [3.05, 3.63) is 133 Å². The molecule has 6 aromatic carbocycles. The van der Waals surface area contributed by atoms with E-state index in [2.05, 4.69) is 161 Å². The van der Waals surface area contributed by atoms with Gasteiger partial charge in [-0.05, 0) is 78.0 Å². The van der Waals surface area contributed by atoms with Crippen LogP contribution in [0.5, 0.6) is 0 Å². The molecule has 1 aliphatic heterocycles. The topological polar surface area (TPSA) is 57.1 Å². The summed E-state index contributed by atoms with van der Waals surface area (Å²) in [5.74, 6) is 1.92. The standard InChI is InChI=1S/C41H34BN3O2/c1-40(2)41(3,4)47-42(46-40)36-23-21-30(22-24-36)29-13-17-31(18-14-29)37-43-38(34-19-15-27-9-5-7-11-32(27)25-34)45-39(44-37)35-20-16-28-10-6-8-12-33(28)26-35/h5-26H,1-4H3. The molecule has 0 radical (unpaired) electrons. The molecule has 228 valence electrons. The van der Waals surface area contributed by atoms with E-state index in [4.69, 9.17) is 24.3 Å². The molecule has 5 nitrogen and oxygen atoms in total. The van der Waals surface area contributed by atoms with Gasteiger partial charge in [0.2, 0.25) is 0 Å². The third kappa shape index (κ3) is 5.50. The predicted octanol–water partition coefficient (Wildman–Crippen LogP) is 9.15. The molecule has 0 saturated carbocycles. The van der Waals surface area contributed by atoms with Crippen molar-refractivity contribution < 1.29 is 9.31 Å². The van der Waals surface area contributed by atoms with Crippen molar-refractivity contribution in [2.45, 2.75) is 38.9 Å². The van der Waals surface area contributed by atoms with Gasteiger partial charge < -0.3 is 9.31 Å². The van der Waals surface area contributed by atoms with Crippen LogP contribution in [-0.2, 0) is 9.31 Å². The van der Waals surface area contributed by atoms with E-state index < -0.39 is 0 Å². The molecule has 1 aromatic heterocycles. The van der Waals surface area contributed by atoms with Crippen LogP contribution >= 0.6 is 0 Å². The minimum atomic E-state index is -0.381. The van der Waals surface area contributed by atoms with Crippen LogP contribution in [0.2, 0.25) is 0 Å². The number of hydrogen-bond acceptors (Lipinski definition) is 5. The fraction of sp³-hybridized carbons (Fsp3) is 0.146. The second kappa shape index (κ2) is 11.3. The van der Waals surface area contributed by atoms with Crippen molar-refractivity contribution in [1.29, 1.82) is 0 Å². The lowest BCUT2D eigenvalue weighted by Crippen LogP contribution is -2.41. The number of nitrogens with zero attached hydrogens (tertiary/aromatic N) is 3. The Morgan fingerprint density at radius 3 is 1.23 bits per heavy atom. The van der Waals surface area contributed by atoms with Crippen LogP contribution in [0, 0.1) is 0 Å². The minimum absolute atomic E-state index is 0.372. The molecule has 0 atom stereocenters. The van der Waals surface area contributed by atoms with Crippen LogP contribution in [0.3, 0.4) is 0 Å². The number of rotatable bonds is 5. The van der Waals surface area contributed by atoms with Gasteiger partial charge in [0.05, 0.1) is 11.2 Å². The molecule has 7 aromatic rings. The monoisotopic (exact) mass is 611 g/mol. The zero-order valence-corrected chi connectivity index (χ0v) is 26.9. The molecule has 1 fully saturated rings. The normalized spacial score (nSPS) is 15.4. The molecule has 0 spiro atoms. The number of hydrogen-bond donors (Lipinski definition) is 0. The average Bonchev–Trinajstić information content (AvgIpc) is 3.33. The highest BCUT2D eigenvalue weighted by atomic mass is 16.7. The molecule has 1 aliphatic rings. The largest absolute Gasteiger partial charge is 0.494 e. The van der Waals surface area contributed by atoms with Crippen molar-refractivity contribution in [1.82, 2.24) is 15.0 Å². The molecular weight excluding hydrogens is 577 g/mol. The van der Waals surface area contributed by atoms with Gasteiger partial charge >= 0.3 is 7.12 Å². The summed E-state index contributed by atoms with van der Waals surface area (Å²) in [6, 6.07) is 46.2. The second-order valence-corrected chi connectivity index (χ2v) is 13.2. The number of benzene rings is 6. The summed E-state index contributed by atoms with van der Waals surface area (Å²) in [6.07, 6.45) is 0. The zero-order chi connectivity index (χ0) is 32.2.